The normalized spacial score (nSPS) is 13.4. The summed E-state index contributed by atoms with van der Waals surface area (Å²) in [5.41, 5.74) is 0.996. The Hall–Kier alpha value is 0.0600. The molecule has 1 unspecified atom stereocenters. The van der Waals surface area contributed by atoms with Gasteiger partial charge in [-0.2, -0.15) is 0 Å². The lowest BCUT2D eigenvalue weighted by molar-refractivity contribution is 0.0230. The Kier molecular flexibility index (Phi) is 6.27. The first kappa shape index (κ1) is 16.1. The van der Waals surface area contributed by atoms with Crippen molar-refractivity contribution in [2.45, 2.75) is 46.6 Å². The van der Waals surface area contributed by atoms with Crippen molar-refractivity contribution in [3.05, 3.63) is 20.2 Å². The van der Waals surface area contributed by atoms with Crippen LogP contribution in [0.4, 0.5) is 0 Å². The molecule has 18 heavy (non-hydrogen) atoms. The Morgan fingerprint density at radius 1 is 1.22 bits per heavy atom. The SMILES string of the molecule is CCOC(c1nc(Cl)c(I)c(C(C)C)n1)C(C)C. The number of halogens is 2. The van der Waals surface area contributed by atoms with Gasteiger partial charge in [0, 0.05) is 6.61 Å². The van der Waals surface area contributed by atoms with Gasteiger partial charge in [0.05, 0.1) is 9.26 Å². The number of nitrogens with zero attached hydrogens (tertiary/aromatic N) is 2. The van der Waals surface area contributed by atoms with E-state index in [-0.39, 0.29) is 6.10 Å². The van der Waals surface area contributed by atoms with E-state index < -0.39 is 0 Å². The maximum atomic E-state index is 6.20. The largest absolute Gasteiger partial charge is 0.370 e. The molecule has 0 N–H and O–H groups in total. The predicted octanol–water partition coefficient (Wildman–Crippen LogP) is 4.59. The van der Waals surface area contributed by atoms with Gasteiger partial charge in [-0.05, 0) is 41.4 Å². The monoisotopic (exact) mass is 382 g/mol. The van der Waals surface area contributed by atoms with Gasteiger partial charge >= 0.3 is 0 Å². The smallest absolute Gasteiger partial charge is 0.159 e. The first-order valence-electron chi connectivity index (χ1n) is 6.22. The molecule has 1 rings (SSSR count). The summed E-state index contributed by atoms with van der Waals surface area (Å²) in [4.78, 5) is 9.02. The van der Waals surface area contributed by atoms with Crippen LogP contribution in [0.15, 0.2) is 0 Å². The zero-order valence-corrected chi connectivity index (χ0v) is 14.4. The molecule has 0 fully saturated rings. The van der Waals surface area contributed by atoms with Crippen molar-refractivity contribution in [2.75, 3.05) is 6.61 Å². The number of ether oxygens (including phenoxy) is 1. The van der Waals surface area contributed by atoms with Crippen LogP contribution in [-0.2, 0) is 4.74 Å². The first-order chi connectivity index (χ1) is 8.38. The predicted molar refractivity (Wildman–Crippen MR) is 83.1 cm³/mol. The molecule has 0 aromatic carbocycles. The molecule has 0 radical (unpaired) electrons. The summed E-state index contributed by atoms with van der Waals surface area (Å²) >= 11 is 8.40. The molecule has 1 aromatic heterocycles. The molecular weight excluding hydrogens is 363 g/mol. The second-order valence-electron chi connectivity index (χ2n) is 4.85. The van der Waals surface area contributed by atoms with Crippen LogP contribution in [0.25, 0.3) is 0 Å². The van der Waals surface area contributed by atoms with E-state index >= 15 is 0 Å². The van der Waals surface area contributed by atoms with E-state index in [1.165, 1.54) is 0 Å². The van der Waals surface area contributed by atoms with E-state index in [9.17, 15) is 0 Å². The third-order valence-electron chi connectivity index (χ3n) is 2.61. The number of rotatable bonds is 5. The molecule has 0 saturated carbocycles. The highest BCUT2D eigenvalue weighted by Gasteiger charge is 2.22. The standard InChI is InChI=1S/C13H20ClIN2O/c1-6-18-11(8(4)5)13-16-10(7(2)3)9(15)12(14)17-13/h7-8,11H,6H2,1-5H3. The molecule has 102 valence electrons. The zero-order chi connectivity index (χ0) is 13.9. The number of aromatic nitrogens is 2. The van der Waals surface area contributed by atoms with Crippen molar-refractivity contribution in [1.29, 1.82) is 0 Å². The molecule has 0 aliphatic rings. The fourth-order valence-electron chi connectivity index (χ4n) is 1.71. The Balaban J connectivity index is 3.23. The fraction of sp³-hybridized carbons (Fsp3) is 0.692. The zero-order valence-electron chi connectivity index (χ0n) is 11.5. The first-order valence-corrected chi connectivity index (χ1v) is 7.68. The molecule has 0 amide bonds. The summed E-state index contributed by atoms with van der Waals surface area (Å²) in [5.74, 6) is 1.34. The van der Waals surface area contributed by atoms with E-state index in [0.717, 1.165) is 9.26 Å². The maximum absolute atomic E-state index is 6.20. The second-order valence-corrected chi connectivity index (χ2v) is 6.28. The van der Waals surface area contributed by atoms with Crippen LogP contribution in [0.1, 0.15) is 58.2 Å². The lowest BCUT2D eigenvalue weighted by Crippen LogP contribution is -2.17. The molecule has 0 aliphatic carbocycles. The third-order valence-corrected chi connectivity index (χ3v) is 4.26. The minimum absolute atomic E-state index is 0.0954. The van der Waals surface area contributed by atoms with E-state index in [0.29, 0.717) is 29.4 Å². The van der Waals surface area contributed by atoms with Gasteiger partial charge in [-0.1, -0.05) is 39.3 Å². The van der Waals surface area contributed by atoms with Crippen molar-refractivity contribution in [3.63, 3.8) is 0 Å². The summed E-state index contributed by atoms with van der Waals surface area (Å²) in [5, 5.41) is 0.523. The minimum Gasteiger partial charge on any atom is -0.370 e. The molecule has 0 spiro atoms. The van der Waals surface area contributed by atoms with Crippen LogP contribution in [-0.4, -0.2) is 16.6 Å². The van der Waals surface area contributed by atoms with Crippen molar-refractivity contribution < 1.29 is 4.74 Å². The average molecular weight is 383 g/mol. The van der Waals surface area contributed by atoms with Gasteiger partial charge in [0.2, 0.25) is 0 Å². The fourth-order valence-corrected chi connectivity index (χ4v) is 2.75. The summed E-state index contributed by atoms with van der Waals surface area (Å²) in [7, 11) is 0. The highest BCUT2D eigenvalue weighted by Crippen LogP contribution is 2.29. The molecule has 1 atom stereocenters. The number of hydrogen-bond donors (Lipinski definition) is 0. The van der Waals surface area contributed by atoms with Gasteiger partial charge in [0.15, 0.2) is 5.82 Å². The van der Waals surface area contributed by atoms with Gasteiger partial charge < -0.3 is 4.74 Å². The molecular formula is C13H20ClIN2O. The van der Waals surface area contributed by atoms with Crippen LogP contribution in [0.3, 0.4) is 0 Å². The average Bonchev–Trinajstić information content (AvgIpc) is 2.28. The van der Waals surface area contributed by atoms with Crippen LogP contribution < -0.4 is 0 Å². The van der Waals surface area contributed by atoms with E-state index in [1.807, 2.05) is 6.92 Å². The van der Waals surface area contributed by atoms with Crippen molar-refractivity contribution in [2.24, 2.45) is 5.92 Å². The van der Waals surface area contributed by atoms with Crippen molar-refractivity contribution >= 4 is 34.2 Å². The van der Waals surface area contributed by atoms with Crippen LogP contribution in [0.5, 0.6) is 0 Å². The van der Waals surface area contributed by atoms with E-state index in [2.05, 4.69) is 60.3 Å². The van der Waals surface area contributed by atoms with Gasteiger partial charge in [0.1, 0.15) is 11.3 Å². The van der Waals surface area contributed by atoms with E-state index in [4.69, 9.17) is 16.3 Å². The lowest BCUT2D eigenvalue weighted by Gasteiger charge is -2.21. The Morgan fingerprint density at radius 2 is 1.83 bits per heavy atom. The van der Waals surface area contributed by atoms with Crippen molar-refractivity contribution in [3.8, 4) is 0 Å². The number of hydrogen-bond acceptors (Lipinski definition) is 3. The van der Waals surface area contributed by atoms with Gasteiger partial charge in [-0.15, -0.1) is 0 Å². The summed E-state index contributed by atoms with van der Waals surface area (Å²) in [6.45, 7) is 11.0. The van der Waals surface area contributed by atoms with Crippen molar-refractivity contribution in [1.82, 2.24) is 9.97 Å². The highest BCUT2D eigenvalue weighted by atomic mass is 127. The molecule has 5 heteroatoms. The van der Waals surface area contributed by atoms with Gasteiger partial charge in [0.25, 0.3) is 0 Å². The van der Waals surface area contributed by atoms with Gasteiger partial charge in [-0.25, -0.2) is 9.97 Å². The minimum atomic E-state index is -0.0954. The quantitative estimate of drug-likeness (QED) is 0.552. The van der Waals surface area contributed by atoms with Crippen LogP contribution in [0, 0.1) is 9.49 Å². The molecule has 3 nitrogen and oxygen atoms in total. The molecule has 0 saturated heterocycles. The van der Waals surface area contributed by atoms with Crippen LogP contribution in [0.2, 0.25) is 5.15 Å². The Labute approximate surface area is 128 Å². The molecule has 1 aromatic rings. The lowest BCUT2D eigenvalue weighted by atomic mass is 10.1. The summed E-state index contributed by atoms with van der Waals surface area (Å²) in [6, 6.07) is 0. The Bertz CT molecular complexity index is 410. The summed E-state index contributed by atoms with van der Waals surface area (Å²) < 4.78 is 6.67. The second kappa shape index (κ2) is 7.01. The summed E-state index contributed by atoms with van der Waals surface area (Å²) in [6.07, 6.45) is -0.0954. The topological polar surface area (TPSA) is 35.0 Å². The third kappa shape index (κ3) is 3.78. The maximum Gasteiger partial charge on any atom is 0.159 e. The molecule has 0 aliphatic heterocycles. The molecule has 0 bridgehead atoms. The highest BCUT2D eigenvalue weighted by molar-refractivity contribution is 14.1. The Morgan fingerprint density at radius 3 is 2.28 bits per heavy atom. The van der Waals surface area contributed by atoms with Crippen LogP contribution >= 0.6 is 34.2 Å². The van der Waals surface area contributed by atoms with E-state index in [1.54, 1.807) is 0 Å². The van der Waals surface area contributed by atoms with Gasteiger partial charge in [-0.3, -0.25) is 0 Å². The molecule has 1 heterocycles.